The number of hydrogen-bond acceptors (Lipinski definition) is 4. The van der Waals surface area contributed by atoms with Crippen molar-refractivity contribution in [1.82, 2.24) is 10.0 Å². The van der Waals surface area contributed by atoms with Crippen LogP contribution in [0, 0.1) is 5.92 Å². The van der Waals surface area contributed by atoms with E-state index in [2.05, 4.69) is 17.0 Å². The quantitative estimate of drug-likeness (QED) is 0.845. The maximum absolute atomic E-state index is 12.1. The molecular formula is C14H24N2O3S. The van der Waals surface area contributed by atoms with E-state index in [1.807, 2.05) is 20.8 Å². The van der Waals surface area contributed by atoms with Crippen molar-refractivity contribution in [2.24, 2.45) is 5.92 Å². The largest absolute Gasteiger partial charge is 0.447 e. The zero-order valence-corrected chi connectivity index (χ0v) is 13.4. The SMILES string of the molecule is CCC1CC1NS(=O)(=O)c1ccc(CNC(C)(C)C)o1. The molecule has 1 saturated carbocycles. The van der Waals surface area contributed by atoms with E-state index in [0.29, 0.717) is 18.2 Å². The Bertz CT molecular complexity index is 557. The van der Waals surface area contributed by atoms with Gasteiger partial charge < -0.3 is 9.73 Å². The van der Waals surface area contributed by atoms with Crippen molar-refractivity contribution in [3.05, 3.63) is 17.9 Å². The summed E-state index contributed by atoms with van der Waals surface area (Å²) in [6, 6.07) is 3.30. The number of furan rings is 1. The first-order chi connectivity index (χ1) is 9.21. The molecule has 114 valence electrons. The fourth-order valence-corrected chi connectivity index (χ4v) is 3.32. The average molecular weight is 300 g/mol. The van der Waals surface area contributed by atoms with Crippen LogP contribution in [0.5, 0.6) is 0 Å². The van der Waals surface area contributed by atoms with Crippen LogP contribution < -0.4 is 10.0 Å². The van der Waals surface area contributed by atoms with Gasteiger partial charge >= 0.3 is 0 Å². The normalized spacial score (nSPS) is 23.0. The van der Waals surface area contributed by atoms with Gasteiger partial charge in [-0.15, -0.1) is 0 Å². The Morgan fingerprint density at radius 3 is 2.60 bits per heavy atom. The van der Waals surface area contributed by atoms with E-state index in [1.165, 1.54) is 6.07 Å². The Hall–Kier alpha value is -0.850. The van der Waals surface area contributed by atoms with Crippen molar-refractivity contribution >= 4 is 10.0 Å². The Morgan fingerprint density at radius 2 is 2.05 bits per heavy atom. The minimum absolute atomic E-state index is 0.00459. The van der Waals surface area contributed by atoms with Crippen molar-refractivity contribution in [1.29, 1.82) is 0 Å². The molecule has 1 fully saturated rings. The first-order valence-electron chi connectivity index (χ1n) is 7.07. The third kappa shape index (κ3) is 4.07. The highest BCUT2D eigenvalue weighted by Crippen LogP contribution is 2.34. The van der Waals surface area contributed by atoms with Crippen molar-refractivity contribution in [2.45, 2.75) is 63.8 Å². The second-order valence-corrected chi connectivity index (χ2v) is 8.10. The summed E-state index contributed by atoms with van der Waals surface area (Å²) in [5.74, 6) is 1.10. The van der Waals surface area contributed by atoms with Crippen LogP contribution in [-0.2, 0) is 16.6 Å². The summed E-state index contributed by atoms with van der Waals surface area (Å²) in [5, 5.41) is 3.27. The highest BCUT2D eigenvalue weighted by atomic mass is 32.2. The minimum Gasteiger partial charge on any atom is -0.447 e. The molecule has 0 bridgehead atoms. The van der Waals surface area contributed by atoms with Crippen LogP contribution in [0.3, 0.4) is 0 Å². The van der Waals surface area contributed by atoms with Crippen molar-refractivity contribution < 1.29 is 12.8 Å². The lowest BCUT2D eigenvalue weighted by Crippen LogP contribution is -2.34. The molecule has 0 amide bonds. The maximum Gasteiger partial charge on any atom is 0.274 e. The molecule has 1 aliphatic rings. The summed E-state index contributed by atoms with van der Waals surface area (Å²) in [5.41, 5.74) is -0.0353. The van der Waals surface area contributed by atoms with Gasteiger partial charge in [-0.25, -0.2) is 13.1 Å². The molecule has 0 saturated heterocycles. The molecule has 2 unspecified atom stereocenters. The molecule has 2 N–H and O–H groups in total. The molecule has 0 spiro atoms. The van der Waals surface area contributed by atoms with E-state index in [1.54, 1.807) is 6.07 Å². The van der Waals surface area contributed by atoms with Crippen LogP contribution in [0.1, 0.15) is 46.3 Å². The molecule has 2 atom stereocenters. The van der Waals surface area contributed by atoms with E-state index in [4.69, 9.17) is 4.42 Å². The van der Waals surface area contributed by atoms with Crippen LogP contribution in [0.25, 0.3) is 0 Å². The van der Waals surface area contributed by atoms with Gasteiger partial charge in [0.1, 0.15) is 5.76 Å². The van der Waals surface area contributed by atoms with Gasteiger partial charge in [-0.1, -0.05) is 13.3 Å². The van der Waals surface area contributed by atoms with Crippen LogP contribution in [0.4, 0.5) is 0 Å². The lowest BCUT2D eigenvalue weighted by atomic mass is 10.1. The predicted octanol–water partition coefficient (Wildman–Crippen LogP) is 2.24. The molecule has 1 aromatic heterocycles. The van der Waals surface area contributed by atoms with Gasteiger partial charge in [-0.3, -0.25) is 0 Å². The fraction of sp³-hybridized carbons (Fsp3) is 0.714. The predicted molar refractivity (Wildman–Crippen MR) is 77.8 cm³/mol. The zero-order chi connectivity index (χ0) is 15.0. The summed E-state index contributed by atoms with van der Waals surface area (Å²) in [7, 11) is -3.52. The molecule has 1 aromatic rings. The molecule has 0 aliphatic heterocycles. The molecule has 6 heteroatoms. The Balaban J connectivity index is 1.97. The lowest BCUT2D eigenvalue weighted by Gasteiger charge is -2.19. The van der Waals surface area contributed by atoms with E-state index < -0.39 is 10.0 Å². The topological polar surface area (TPSA) is 71.3 Å². The first kappa shape index (κ1) is 15.5. The molecule has 20 heavy (non-hydrogen) atoms. The fourth-order valence-electron chi connectivity index (χ4n) is 2.05. The minimum atomic E-state index is -3.52. The van der Waals surface area contributed by atoms with Crippen LogP contribution in [0.2, 0.25) is 0 Å². The third-order valence-electron chi connectivity index (χ3n) is 3.45. The van der Waals surface area contributed by atoms with Gasteiger partial charge in [0.15, 0.2) is 0 Å². The monoisotopic (exact) mass is 300 g/mol. The number of hydrogen-bond donors (Lipinski definition) is 2. The van der Waals surface area contributed by atoms with E-state index >= 15 is 0 Å². The number of rotatable bonds is 6. The van der Waals surface area contributed by atoms with Gasteiger partial charge in [0.05, 0.1) is 6.54 Å². The van der Waals surface area contributed by atoms with Crippen LogP contribution in [-0.4, -0.2) is 20.0 Å². The van der Waals surface area contributed by atoms with Gasteiger partial charge in [-0.2, -0.15) is 0 Å². The molecule has 1 aliphatic carbocycles. The molecular weight excluding hydrogens is 276 g/mol. The van der Waals surface area contributed by atoms with Crippen molar-refractivity contribution in [3.63, 3.8) is 0 Å². The average Bonchev–Trinajstić information content (AvgIpc) is 2.88. The summed E-state index contributed by atoms with van der Waals surface area (Å²) >= 11 is 0. The third-order valence-corrected chi connectivity index (χ3v) is 4.81. The standard InChI is InChI=1S/C14H24N2O3S/c1-5-10-8-12(10)16-20(17,18)13-7-6-11(19-13)9-15-14(2,3)4/h6-7,10,12,15-16H,5,8-9H2,1-4H3. The van der Waals surface area contributed by atoms with Gasteiger partial charge in [0.2, 0.25) is 5.09 Å². The van der Waals surface area contributed by atoms with E-state index in [0.717, 1.165) is 12.8 Å². The van der Waals surface area contributed by atoms with E-state index in [-0.39, 0.29) is 16.7 Å². The molecule has 0 radical (unpaired) electrons. The number of sulfonamides is 1. The summed E-state index contributed by atoms with van der Waals surface area (Å²) in [6.07, 6.45) is 1.93. The lowest BCUT2D eigenvalue weighted by molar-refractivity contribution is 0.359. The molecule has 2 rings (SSSR count). The molecule has 5 nitrogen and oxygen atoms in total. The van der Waals surface area contributed by atoms with Gasteiger partial charge in [0, 0.05) is 11.6 Å². The summed E-state index contributed by atoms with van der Waals surface area (Å²) in [6.45, 7) is 8.73. The Labute approximate surface area is 121 Å². The van der Waals surface area contributed by atoms with Gasteiger partial charge in [0.25, 0.3) is 10.0 Å². The summed E-state index contributed by atoms with van der Waals surface area (Å²) < 4.78 is 32.4. The van der Waals surface area contributed by atoms with Gasteiger partial charge in [-0.05, 0) is 45.2 Å². The summed E-state index contributed by atoms with van der Waals surface area (Å²) in [4.78, 5) is 0. The zero-order valence-electron chi connectivity index (χ0n) is 12.6. The maximum atomic E-state index is 12.1. The molecule has 1 heterocycles. The van der Waals surface area contributed by atoms with Crippen molar-refractivity contribution in [2.75, 3.05) is 0 Å². The second kappa shape index (κ2) is 5.50. The second-order valence-electron chi connectivity index (χ2n) is 6.46. The molecule has 0 aromatic carbocycles. The smallest absolute Gasteiger partial charge is 0.274 e. The van der Waals surface area contributed by atoms with Crippen molar-refractivity contribution in [3.8, 4) is 0 Å². The van der Waals surface area contributed by atoms with E-state index in [9.17, 15) is 8.42 Å². The van der Waals surface area contributed by atoms with Crippen LogP contribution in [0.15, 0.2) is 21.6 Å². The number of nitrogens with one attached hydrogen (secondary N) is 2. The highest BCUT2D eigenvalue weighted by molar-refractivity contribution is 7.89. The highest BCUT2D eigenvalue weighted by Gasteiger charge is 2.39. The Morgan fingerprint density at radius 1 is 1.35 bits per heavy atom. The Kier molecular flexibility index (Phi) is 4.27. The first-order valence-corrected chi connectivity index (χ1v) is 8.55. The van der Waals surface area contributed by atoms with Crippen LogP contribution >= 0.6 is 0 Å².